The highest BCUT2D eigenvalue weighted by Gasteiger charge is 2.18. The molecule has 0 saturated carbocycles. The highest BCUT2D eigenvalue weighted by Crippen LogP contribution is 2.14. The maximum Gasteiger partial charge on any atom is 0.316 e. The van der Waals surface area contributed by atoms with Crippen LogP contribution in [0.1, 0.15) is 16.1 Å². The van der Waals surface area contributed by atoms with Gasteiger partial charge in [-0.1, -0.05) is 6.07 Å². The van der Waals surface area contributed by atoms with E-state index in [2.05, 4.69) is 12.6 Å². The van der Waals surface area contributed by atoms with Gasteiger partial charge in [0.15, 0.2) is 5.78 Å². The molecular weight excluding hydrogens is 208 g/mol. The molecule has 13 heavy (non-hydrogen) atoms. The monoisotopic (exact) mass is 216 g/mol. The van der Waals surface area contributed by atoms with Crippen LogP contribution in [0, 0.1) is 0 Å². The van der Waals surface area contributed by atoms with Crippen LogP contribution in [0.15, 0.2) is 17.5 Å². The second-order valence-electron chi connectivity index (χ2n) is 2.46. The predicted molar refractivity (Wildman–Crippen MR) is 53.7 cm³/mol. The number of Topliss-reactive ketones (excluding diaryl/α,β-unsaturated/α-hetero) is 1. The molecule has 1 aromatic rings. The molecular formula is C8H8O3S2. The van der Waals surface area contributed by atoms with E-state index >= 15 is 0 Å². The normalized spacial score (nSPS) is 12.4. The number of rotatable bonds is 4. The van der Waals surface area contributed by atoms with E-state index < -0.39 is 11.2 Å². The quantitative estimate of drug-likeness (QED) is 0.595. The molecule has 70 valence electrons. The third-order valence-corrected chi connectivity index (χ3v) is 2.77. The first-order valence-corrected chi connectivity index (χ1v) is 4.98. The van der Waals surface area contributed by atoms with Crippen LogP contribution >= 0.6 is 24.0 Å². The molecule has 0 aliphatic rings. The second-order valence-corrected chi connectivity index (χ2v) is 4.03. The molecule has 0 aliphatic heterocycles. The summed E-state index contributed by atoms with van der Waals surface area (Å²) in [4.78, 5) is 22.3. The Bertz CT molecular complexity index is 305. The Hall–Kier alpha value is -0.810. The van der Waals surface area contributed by atoms with Gasteiger partial charge in [-0.15, -0.1) is 11.3 Å². The molecule has 0 bridgehead atoms. The first kappa shape index (κ1) is 10.3. The highest BCUT2D eigenvalue weighted by molar-refractivity contribution is 7.81. The van der Waals surface area contributed by atoms with Gasteiger partial charge in [0.25, 0.3) is 0 Å². The lowest BCUT2D eigenvalue weighted by Crippen LogP contribution is -2.17. The predicted octanol–water partition coefficient (Wildman–Crippen LogP) is 1.70. The molecule has 1 atom stereocenters. The van der Waals surface area contributed by atoms with E-state index in [1.165, 1.54) is 11.3 Å². The number of carbonyl (C=O) groups is 2. The van der Waals surface area contributed by atoms with Crippen LogP contribution in [-0.2, 0) is 4.79 Å². The Morgan fingerprint density at radius 3 is 2.77 bits per heavy atom. The Labute approximate surface area is 84.8 Å². The minimum absolute atomic E-state index is 0.0566. The van der Waals surface area contributed by atoms with Crippen molar-refractivity contribution < 1.29 is 14.7 Å². The average Bonchev–Trinajstić information content (AvgIpc) is 2.55. The Balaban J connectivity index is 2.56. The molecule has 0 spiro atoms. The summed E-state index contributed by atoms with van der Waals surface area (Å²) in [6.45, 7) is 0. The number of carboxylic acid groups (broad SMARTS) is 1. The molecule has 1 N–H and O–H groups in total. The van der Waals surface area contributed by atoms with Gasteiger partial charge in [0.1, 0.15) is 5.25 Å². The van der Waals surface area contributed by atoms with Gasteiger partial charge in [-0.3, -0.25) is 9.59 Å². The minimum atomic E-state index is -1.06. The molecule has 1 unspecified atom stereocenters. The maximum atomic E-state index is 11.3. The van der Waals surface area contributed by atoms with Crippen molar-refractivity contribution in [1.29, 1.82) is 0 Å². The van der Waals surface area contributed by atoms with Gasteiger partial charge in [0, 0.05) is 6.42 Å². The van der Waals surface area contributed by atoms with Gasteiger partial charge >= 0.3 is 5.97 Å². The van der Waals surface area contributed by atoms with Crippen molar-refractivity contribution in [3.63, 3.8) is 0 Å². The van der Waals surface area contributed by atoms with Crippen LogP contribution in [0.4, 0.5) is 0 Å². The zero-order valence-corrected chi connectivity index (χ0v) is 8.35. The largest absolute Gasteiger partial charge is 0.480 e. The average molecular weight is 216 g/mol. The maximum absolute atomic E-state index is 11.3. The fraction of sp³-hybridized carbons (Fsp3) is 0.250. The molecule has 0 aromatic carbocycles. The summed E-state index contributed by atoms with van der Waals surface area (Å²) in [5, 5.41) is 9.37. The third-order valence-electron chi connectivity index (χ3n) is 1.46. The molecule has 1 rings (SSSR count). The lowest BCUT2D eigenvalue weighted by atomic mass is 10.2. The molecule has 0 saturated heterocycles. The summed E-state index contributed by atoms with van der Waals surface area (Å²) >= 11 is 5.09. The number of carboxylic acids is 1. The fourth-order valence-corrected chi connectivity index (χ4v) is 1.64. The molecule has 5 heteroatoms. The number of carbonyl (C=O) groups excluding carboxylic acids is 1. The Morgan fingerprint density at radius 2 is 2.31 bits per heavy atom. The van der Waals surface area contributed by atoms with Crippen LogP contribution in [0.3, 0.4) is 0 Å². The molecule has 3 nitrogen and oxygen atoms in total. The van der Waals surface area contributed by atoms with Gasteiger partial charge in [-0.2, -0.15) is 12.6 Å². The molecule has 1 aromatic heterocycles. The van der Waals surface area contributed by atoms with E-state index in [0.29, 0.717) is 4.88 Å². The Kier molecular flexibility index (Phi) is 3.50. The van der Waals surface area contributed by atoms with Gasteiger partial charge in [-0.25, -0.2) is 0 Å². The van der Waals surface area contributed by atoms with Gasteiger partial charge in [-0.05, 0) is 11.4 Å². The third kappa shape index (κ3) is 2.86. The number of hydrogen-bond donors (Lipinski definition) is 2. The van der Waals surface area contributed by atoms with Crippen LogP contribution < -0.4 is 0 Å². The van der Waals surface area contributed by atoms with Crippen molar-refractivity contribution in [2.75, 3.05) is 0 Å². The highest BCUT2D eigenvalue weighted by atomic mass is 32.1. The van der Waals surface area contributed by atoms with Gasteiger partial charge in [0.2, 0.25) is 0 Å². The van der Waals surface area contributed by atoms with Crippen LogP contribution in [0.5, 0.6) is 0 Å². The SMILES string of the molecule is O=C(CC(S)C(=O)O)c1cccs1. The summed E-state index contributed by atoms with van der Waals surface area (Å²) in [7, 11) is 0. The first-order valence-electron chi connectivity index (χ1n) is 3.59. The van der Waals surface area contributed by atoms with E-state index in [1.807, 2.05) is 0 Å². The molecule has 0 radical (unpaired) electrons. The van der Waals surface area contributed by atoms with Crippen molar-refractivity contribution in [2.24, 2.45) is 0 Å². The molecule has 0 aliphatic carbocycles. The summed E-state index contributed by atoms with van der Waals surface area (Å²) in [5.41, 5.74) is 0. The summed E-state index contributed by atoms with van der Waals surface area (Å²) in [5.74, 6) is -1.23. The number of hydrogen-bond acceptors (Lipinski definition) is 4. The van der Waals surface area contributed by atoms with Gasteiger partial charge in [0.05, 0.1) is 4.88 Å². The second kappa shape index (κ2) is 4.43. The number of thiophene rings is 1. The molecule has 1 heterocycles. The van der Waals surface area contributed by atoms with Crippen molar-refractivity contribution >= 4 is 35.7 Å². The van der Waals surface area contributed by atoms with E-state index in [9.17, 15) is 9.59 Å². The summed E-state index contributed by atoms with van der Waals surface area (Å²) in [6, 6.07) is 3.43. The first-order chi connectivity index (χ1) is 6.11. The summed E-state index contributed by atoms with van der Waals surface area (Å²) < 4.78 is 0. The van der Waals surface area contributed by atoms with Gasteiger partial charge < -0.3 is 5.11 Å². The van der Waals surface area contributed by atoms with Crippen molar-refractivity contribution in [2.45, 2.75) is 11.7 Å². The van der Waals surface area contributed by atoms with E-state index in [0.717, 1.165) is 0 Å². The van der Waals surface area contributed by atoms with Crippen molar-refractivity contribution in [3.8, 4) is 0 Å². The molecule has 0 amide bonds. The van der Waals surface area contributed by atoms with Crippen molar-refractivity contribution in [1.82, 2.24) is 0 Å². The zero-order valence-electron chi connectivity index (χ0n) is 6.64. The topological polar surface area (TPSA) is 54.4 Å². The van der Waals surface area contributed by atoms with E-state index in [-0.39, 0.29) is 12.2 Å². The van der Waals surface area contributed by atoms with Crippen LogP contribution in [-0.4, -0.2) is 22.1 Å². The fourth-order valence-electron chi connectivity index (χ4n) is 0.801. The molecule has 0 fully saturated rings. The summed E-state index contributed by atoms with van der Waals surface area (Å²) in [6.07, 6.45) is -0.0566. The Morgan fingerprint density at radius 1 is 1.62 bits per heavy atom. The van der Waals surface area contributed by atoms with Crippen molar-refractivity contribution in [3.05, 3.63) is 22.4 Å². The number of aliphatic carboxylic acids is 1. The lowest BCUT2D eigenvalue weighted by molar-refractivity contribution is -0.136. The van der Waals surface area contributed by atoms with Crippen LogP contribution in [0.2, 0.25) is 0 Å². The van der Waals surface area contributed by atoms with E-state index in [4.69, 9.17) is 5.11 Å². The smallest absolute Gasteiger partial charge is 0.316 e. The lowest BCUT2D eigenvalue weighted by Gasteiger charge is -2.01. The number of thiol groups is 1. The number of ketones is 1. The zero-order chi connectivity index (χ0) is 9.84. The van der Waals surface area contributed by atoms with Crippen LogP contribution in [0.25, 0.3) is 0 Å². The minimum Gasteiger partial charge on any atom is -0.480 e. The van der Waals surface area contributed by atoms with E-state index in [1.54, 1.807) is 17.5 Å². The standard InChI is InChI=1S/C8H8O3S2/c9-5(4-6(12)8(10)11)7-2-1-3-13-7/h1-3,6,12H,4H2,(H,10,11).